The summed E-state index contributed by atoms with van der Waals surface area (Å²) in [6, 6.07) is 6.98. The Morgan fingerprint density at radius 3 is 2.62 bits per heavy atom. The molecule has 0 unspecified atom stereocenters. The zero-order valence-electron chi connectivity index (χ0n) is 16.5. The third kappa shape index (κ3) is 3.43. The monoisotopic (exact) mass is 416 g/mol. The van der Waals surface area contributed by atoms with Crippen molar-refractivity contribution in [3.8, 4) is 0 Å². The van der Waals surface area contributed by atoms with Gasteiger partial charge < -0.3 is 9.47 Å². The molecule has 0 bridgehead atoms. The van der Waals surface area contributed by atoms with Crippen LogP contribution >= 0.6 is 0 Å². The molecular formula is C20H24N4O4S. The van der Waals surface area contributed by atoms with Crippen LogP contribution in [0.1, 0.15) is 36.7 Å². The summed E-state index contributed by atoms with van der Waals surface area (Å²) in [6.07, 6.45) is 4.57. The normalized spacial score (nSPS) is 16.0. The minimum Gasteiger partial charge on any atom is -0.337 e. The van der Waals surface area contributed by atoms with Gasteiger partial charge in [-0.15, -0.1) is 0 Å². The van der Waals surface area contributed by atoms with Gasteiger partial charge in [0.2, 0.25) is 0 Å². The molecule has 0 atom stereocenters. The first kappa shape index (κ1) is 19.6. The van der Waals surface area contributed by atoms with Crippen molar-refractivity contribution in [2.24, 2.45) is 0 Å². The summed E-state index contributed by atoms with van der Waals surface area (Å²) in [5.41, 5.74) is 1.27. The first-order valence-corrected chi connectivity index (χ1v) is 11.8. The maximum atomic E-state index is 13.2. The van der Waals surface area contributed by atoms with E-state index in [0.29, 0.717) is 54.9 Å². The molecule has 1 saturated heterocycles. The SMILES string of the molecule is CCCn1c(C(=O)N2CCC(S(C)(=O)=O)CC2)cc2c(=O)n3ccccc3nc21. The summed E-state index contributed by atoms with van der Waals surface area (Å²) >= 11 is 0. The van der Waals surface area contributed by atoms with Crippen LogP contribution in [0.2, 0.25) is 0 Å². The maximum Gasteiger partial charge on any atom is 0.270 e. The molecule has 154 valence electrons. The predicted octanol–water partition coefficient (Wildman–Crippen LogP) is 1.71. The second-order valence-corrected chi connectivity index (χ2v) is 9.91. The lowest BCUT2D eigenvalue weighted by Crippen LogP contribution is -2.42. The van der Waals surface area contributed by atoms with E-state index >= 15 is 0 Å². The van der Waals surface area contributed by atoms with Crippen molar-refractivity contribution < 1.29 is 13.2 Å². The topological polar surface area (TPSA) is 93.8 Å². The van der Waals surface area contributed by atoms with Gasteiger partial charge in [-0.25, -0.2) is 13.4 Å². The number of carbonyl (C=O) groups excluding carboxylic acids is 1. The van der Waals surface area contributed by atoms with Crippen LogP contribution in [-0.2, 0) is 16.4 Å². The third-order valence-electron chi connectivity index (χ3n) is 5.58. The van der Waals surface area contributed by atoms with Gasteiger partial charge in [0.15, 0.2) is 0 Å². The summed E-state index contributed by atoms with van der Waals surface area (Å²) < 4.78 is 26.9. The molecule has 1 aliphatic heterocycles. The lowest BCUT2D eigenvalue weighted by atomic mass is 10.1. The number of hydrogen-bond donors (Lipinski definition) is 0. The number of hydrogen-bond acceptors (Lipinski definition) is 5. The Morgan fingerprint density at radius 2 is 1.97 bits per heavy atom. The molecule has 8 nitrogen and oxygen atoms in total. The zero-order valence-corrected chi connectivity index (χ0v) is 17.4. The van der Waals surface area contributed by atoms with Crippen LogP contribution in [0.5, 0.6) is 0 Å². The van der Waals surface area contributed by atoms with Gasteiger partial charge in [-0.3, -0.25) is 14.0 Å². The molecule has 29 heavy (non-hydrogen) atoms. The molecule has 1 aliphatic rings. The molecule has 0 aliphatic carbocycles. The summed E-state index contributed by atoms with van der Waals surface area (Å²) in [4.78, 5) is 32.5. The van der Waals surface area contributed by atoms with E-state index in [1.807, 2.05) is 17.6 Å². The van der Waals surface area contributed by atoms with Crippen molar-refractivity contribution in [2.75, 3.05) is 19.3 Å². The molecule has 4 rings (SSSR count). The Hall–Kier alpha value is -2.68. The van der Waals surface area contributed by atoms with Crippen LogP contribution in [0.15, 0.2) is 35.3 Å². The Bertz CT molecular complexity index is 1250. The minimum atomic E-state index is -3.10. The van der Waals surface area contributed by atoms with Gasteiger partial charge in [0.25, 0.3) is 11.5 Å². The Balaban J connectivity index is 1.76. The van der Waals surface area contributed by atoms with Crippen molar-refractivity contribution in [2.45, 2.75) is 38.0 Å². The molecule has 0 aromatic carbocycles. The van der Waals surface area contributed by atoms with Crippen LogP contribution in [0, 0.1) is 0 Å². The summed E-state index contributed by atoms with van der Waals surface area (Å²) in [5, 5.41) is 0.0150. The smallest absolute Gasteiger partial charge is 0.270 e. The van der Waals surface area contributed by atoms with Crippen molar-refractivity contribution in [1.82, 2.24) is 18.9 Å². The fraction of sp³-hybridized carbons (Fsp3) is 0.450. The second-order valence-electron chi connectivity index (χ2n) is 7.59. The van der Waals surface area contributed by atoms with Gasteiger partial charge >= 0.3 is 0 Å². The summed E-state index contributed by atoms with van der Waals surface area (Å²) in [5.74, 6) is -0.183. The number of piperidine rings is 1. The number of aromatic nitrogens is 3. The minimum absolute atomic E-state index is 0.183. The summed E-state index contributed by atoms with van der Waals surface area (Å²) in [7, 11) is -3.10. The number of sulfone groups is 1. The van der Waals surface area contributed by atoms with E-state index in [9.17, 15) is 18.0 Å². The number of pyridine rings is 1. The van der Waals surface area contributed by atoms with E-state index in [-0.39, 0.29) is 11.5 Å². The van der Waals surface area contributed by atoms with E-state index in [4.69, 9.17) is 0 Å². The first-order chi connectivity index (χ1) is 13.8. The van der Waals surface area contributed by atoms with Crippen LogP contribution in [-0.4, -0.2) is 57.8 Å². The lowest BCUT2D eigenvalue weighted by molar-refractivity contribution is 0.0715. The molecule has 0 spiro atoms. The van der Waals surface area contributed by atoms with E-state index in [0.717, 1.165) is 6.42 Å². The highest BCUT2D eigenvalue weighted by Gasteiger charge is 2.31. The van der Waals surface area contributed by atoms with Crippen molar-refractivity contribution in [3.05, 3.63) is 46.5 Å². The third-order valence-corrected chi connectivity index (χ3v) is 7.26. The predicted molar refractivity (Wildman–Crippen MR) is 111 cm³/mol. The Labute approximate surface area is 168 Å². The number of aryl methyl sites for hydroxylation is 1. The van der Waals surface area contributed by atoms with Crippen molar-refractivity contribution in [1.29, 1.82) is 0 Å². The molecule has 9 heteroatoms. The first-order valence-electron chi connectivity index (χ1n) is 9.80. The van der Waals surface area contributed by atoms with Gasteiger partial charge in [-0.1, -0.05) is 13.0 Å². The van der Waals surface area contributed by atoms with Gasteiger partial charge in [-0.2, -0.15) is 0 Å². The highest BCUT2D eigenvalue weighted by atomic mass is 32.2. The van der Waals surface area contributed by atoms with E-state index in [1.165, 1.54) is 10.7 Å². The fourth-order valence-corrected chi connectivity index (χ4v) is 5.10. The molecule has 0 saturated carbocycles. The number of fused-ring (bicyclic) bond motifs is 2. The molecule has 0 radical (unpaired) electrons. The van der Waals surface area contributed by atoms with Crippen molar-refractivity contribution >= 4 is 32.4 Å². The molecule has 1 amide bonds. The average molecular weight is 417 g/mol. The van der Waals surface area contributed by atoms with E-state index in [2.05, 4.69) is 4.98 Å². The maximum absolute atomic E-state index is 13.2. The van der Waals surface area contributed by atoms with Crippen molar-refractivity contribution in [3.63, 3.8) is 0 Å². The average Bonchev–Trinajstić information content (AvgIpc) is 3.06. The molecule has 3 aromatic rings. The Morgan fingerprint density at radius 1 is 1.24 bits per heavy atom. The number of nitrogens with zero attached hydrogens (tertiary/aromatic N) is 4. The van der Waals surface area contributed by atoms with Gasteiger partial charge in [-0.05, 0) is 37.5 Å². The molecule has 0 N–H and O–H groups in total. The van der Waals surface area contributed by atoms with Crippen LogP contribution < -0.4 is 5.56 Å². The molecular weight excluding hydrogens is 392 g/mol. The highest BCUT2D eigenvalue weighted by Crippen LogP contribution is 2.22. The van der Waals surface area contributed by atoms with Crippen LogP contribution in [0.25, 0.3) is 16.7 Å². The lowest BCUT2D eigenvalue weighted by Gasteiger charge is -2.31. The quantitative estimate of drug-likeness (QED) is 0.645. The standard InChI is InChI=1S/C20H24N4O4S/c1-3-9-23-16(20(26)22-11-7-14(8-12-22)29(2,27)28)13-15-18(23)21-17-6-4-5-10-24(17)19(15)25/h4-6,10,13-14H,3,7-9,11-12H2,1-2H3. The number of rotatable bonds is 4. The zero-order chi connectivity index (χ0) is 20.8. The summed E-state index contributed by atoms with van der Waals surface area (Å²) in [6.45, 7) is 3.35. The van der Waals surface area contributed by atoms with Crippen LogP contribution in [0.4, 0.5) is 0 Å². The number of amides is 1. The highest BCUT2D eigenvalue weighted by molar-refractivity contribution is 7.91. The van der Waals surface area contributed by atoms with Gasteiger partial charge in [0.1, 0.15) is 26.8 Å². The molecule has 4 heterocycles. The van der Waals surface area contributed by atoms with Crippen LogP contribution in [0.3, 0.4) is 0 Å². The number of carbonyl (C=O) groups is 1. The van der Waals surface area contributed by atoms with E-state index in [1.54, 1.807) is 29.3 Å². The molecule has 3 aromatic heterocycles. The van der Waals surface area contributed by atoms with E-state index < -0.39 is 15.1 Å². The number of likely N-dealkylation sites (tertiary alicyclic amines) is 1. The second kappa shape index (κ2) is 7.29. The Kier molecular flexibility index (Phi) is 4.94. The fourth-order valence-electron chi connectivity index (χ4n) is 4.03. The van der Waals surface area contributed by atoms with Gasteiger partial charge in [0.05, 0.1) is 10.6 Å². The largest absolute Gasteiger partial charge is 0.337 e. The van der Waals surface area contributed by atoms with Gasteiger partial charge in [0, 0.05) is 32.1 Å². The molecule has 1 fully saturated rings.